The van der Waals surface area contributed by atoms with Crippen LogP contribution in [0.1, 0.15) is 54.3 Å². The first-order valence-electron chi connectivity index (χ1n) is 10.6. The number of rotatable bonds is 6. The molecule has 4 rings (SSSR count). The number of primary amides is 1. The second kappa shape index (κ2) is 8.82. The van der Waals surface area contributed by atoms with E-state index >= 15 is 0 Å². The lowest BCUT2D eigenvalue weighted by Gasteiger charge is -2.34. The van der Waals surface area contributed by atoms with Gasteiger partial charge in [0.15, 0.2) is 0 Å². The first-order chi connectivity index (χ1) is 14.1. The molecular weight excluding hydrogens is 364 g/mol. The number of nitrogens with zero attached hydrogens (tertiary/aromatic N) is 2. The summed E-state index contributed by atoms with van der Waals surface area (Å²) in [6.45, 7) is 3.35. The maximum Gasteiger partial charge on any atom is 0.267 e. The lowest BCUT2D eigenvalue weighted by molar-refractivity contribution is 0.0996. The third-order valence-electron chi connectivity index (χ3n) is 6.20. The third-order valence-corrected chi connectivity index (χ3v) is 6.20. The van der Waals surface area contributed by atoms with Crippen molar-refractivity contribution in [1.29, 1.82) is 0 Å². The SMILES string of the molecule is COc1ccc(-c2nc(C3CCN(C[C@@H]4CC=CCC4)CC3)[nH]c2C(N)=O)cc1. The van der Waals surface area contributed by atoms with Crippen LogP contribution in [0.5, 0.6) is 5.75 Å². The summed E-state index contributed by atoms with van der Waals surface area (Å²) in [5, 5.41) is 0. The number of nitrogens with one attached hydrogen (secondary N) is 1. The van der Waals surface area contributed by atoms with Crippen molar-refractivity contribution >= 4 is 5.91 Å². The summed E-state index contributed by atoms with van der Waals surface area (Å²) >= 11 is 0. The fraction of sp³-hybridized carbons (Fsp3) is 0.478. The molecule has 6 heteroatoms. The van der Waals surface area contributed by atoms with Gasteiger partial charge in [-0.2, -0.15) is 0 Å². The Morgan fingerprint density at radius 2 is 1.97 bits per heavy atom. The number of amides is 1. The molecule has 154 valence electrons. The number of benzene rings is 1. The first kappa shape index (κ1) is 19.7. The van der Waals surface area contributed by atoms with Gasteiger partial charge >= 0.3 is 0 Å². The van der Waals surface area contributed by atoms with Crippen LogP contribution in [0.25, 0.3) is 11.3 Å². The Hall–Kier alpha value is -2.60. The second-order valence-electron chi connectivity index (χ2n) is 8.16. The number of aromatic amines is 1. The molecule has 1 aliphatic heterocycles. The van der Waals surface area contributed by atoms with Gasteiger partial charge in [0.05, 0.1) is 7.11 Å². The summed E-state index contributed by atoms with van der Waals surface area (Å²) in [5.41, 5.74) is 7.52. The number of ether oxygens (including phenoxy) is 1. The standard InChI is InChI=1S/C23H30N4O2/c1-29-19-9-7-17(8-10-19)20-21(22(24)28)26-23(25-20)18-11-13-27(14-12-18)15-16-5-3-2-4-6-16/h2-3,7-10,16,18H,4-6,11-15H2,1H3,(H2,24,28)(H,25,26)/t16-/m1/s1. The zero-order valence-corrected chi connectivity index (χ0v) is 17.1. The number of piperidine rings is 1. The maximum absolute atomic E-state index is 12.0. The average molecular weight is 395 g/mol. The number of likely N-dealkylation sites (tertiary alicyclic amines) is 1. The number of hydrogen-bond acceptors (Lipinski definition) is 4. The highest BCUT2D eigenvalue weighted by atomic mass is 16.5. The quantitative estimate of drug-likeness (QED) is 0.732. The molecule has 1 aliphatic carbocycles. The van der Waals surface area contributed by atoms with E-state index in [4.69, 9.17) is 15.5 Å². The monoisotopic (exact) mass is 394 g/mol. The number of aromatic nitrogens is 2. The zero-order valence-electron chi connectivity index (χ0n) is 17.1. The zero-order chi connectivity index (χ0) is 20.2. The van der Waals surface area contributed by atoms with E-state index in [1.54, 1.807) is 7.11 Å². The van der Waals surface area contributed by atoms with E-state index in [1.807, 2.05) is 24.3 Å². The number of imidazole rings is 1. The molecule has 1 atom stereocenters. The number of allylic oxidation sites excluding steroid dienone is 2. The molecule has 0 saturated carbocycles. The molecule has 1 fully saturated rings. The fourth-order valence-electron chi connectivity index (χ4n) is 4.50. The normalized spacial score (nSPS) is 20.7. The Morgan fingerprint density at radius 1 is 1.21 bits per heavy atom. The fourth-order valence-corrected chi connectivity index (χ4v) is 4.50. The second-order valence-corrected chi connectivity index (χ2v) is 8.16. The van der Waals surface area contributed by atoms with Crippen LogP contribution in [0.4, 0.5) is 0 Å². The summed E-state index contributed by atoms with van der Waals surface area (Å²) in [4.78, 5) is 22.6. The molecule has 2 aromatic rings. The van der Waals surface area contributed by atoms with Crippen molar-refractivity contribution in [2.24, 2.45) is 11.7 Å². The van der Waals surface area contributed by atoms with E-state index in [1.165, 1.54) is 25.8 Å². The van der Waals surface area contributed by atoms with E-state index < -0.39 is 5.91 Å². The van der Waals surface area contributed by atoms with E-state index in [0.717, 1.165) is 49.0 Å². The highest BCUT2D eigenvalue weighted by molar-refractivity contribution is 5.97. The molecule has 6 nitrogen and oxygen atoms in total. The Morgan fingerprint density at radius 3 is 2.59 bits per heavy atom. The van der Waals surface area contributed by atoms with Gasteiger partial charge in [-0.3, -0.25) is 4.79 Å². The van der Waals surface area contributed by atoms with Gasteiger partial charge in [-0.25, -0.2) is 4.98 Å². The van der Waals surface area contributed by atoms with Gasteiger partial charge in [0, 0.05) is 18.0 Å². The Bertz CT molecular complexity index is 864. The van der Waals surface area contributed by atoms with Crippen LogP contribution < -0.4 is 10.5 Å². The van der Waals surface area contributed by atoms with Crippen LogP contribution >= 0.6 is 0 Å². The van der Waals surface area contributed by atoms with Crippen LogP contribution in [0.3, 0.4) is 0 Å². The van der Waals surface area contributed by atoms with Gasteiger partial charge in [-0.1, -0.05) is 12.2 Å². The van der Waals surface area contributed by atoms with Crippen molar-refractivity contribution < 1.29 is 9.53 Å². The van der Waals surface area contributed by atoms with Gasteiger partial charge in [0.1, 0.15) is 23.0 Å². The van der Waals surface area contributed by atoms with Crippen LogP contribution in [-0.4, -0.2) is 47.5 Å². The highest BCUT2D eigenvalue weighted by Crippen LogP contribution is 2.31. The number of H-pyrrole nitrogens is 1. The van der Waals surface area contributed by atoms with Gasteiger partial charge < -0.3 is 20.4 Å². The highest BCUT2D eigenvalue weighted by Gasteiger charge is 2.27. The molecule has 1 aromatic heterocycles. The third kappa shape index (κ3) is 4.53. The van der Waals surface area contributed by atoms with Gasteiger partial charge in [0.2, 0.25) is 0 Å². The van der Waals surface area contributed by atoms with Crippen LogP contribution in [0, 0.1) is 5.92 Å². The topological polar surface area (TPSA) is 84.2 Å². The molecule has 3 N–H and O–H groups in total. The van der Waals surface area contributed by atoms with Crippen molar-refractivity contribution in [2.75, 3.05) is 26.7 Å². The summed E-state index contributed by atoms with van der Waals surface area (Å²) in [6.07, 6.45) is 10.5. The number of carbonyl (C=O) groups excluding carboxylic acids is 1. The Kier molecular flexibility index (Phi) is 6.00. The lowest BCUT2D eigenvalue weighted by atomic mass is 9.91. The summed E-state index contributed by atoms with van der Waals surface area (Å²) < 4.78 is 5.22. The van der Waals surface area contributed by atoms with Crippen molar-refractivity contribution in [3.63, 3.8) is 0 Å². The van der Waals surface area contributed by atoms with Crippen LogP contribution in [0.2, 0.25) is 0 Å². The smallest absolute Gasteiger partial charge is 0.267 e. The molecule has 1 saturated heterocycles. The summed E-state index contributed by atoms with van der Waals surface area (Å²) in [5.74, 6) is 2.30. The molecule has 0 radical (unpaired) electrons. The Labute approximate surface area is 172 Å². The molecule has 0 bridgehead atoms. The van der Waals surface area contributed by atoms with Gasteiger partial charge in [-0.15, -0.1) is 0 Å². The predicted molar refractivity (Wildman–Crippen MR) is 114 cm³/mol. The molecule has 2 heterocycles. The van der Waals surface area contributed by atoms with E-state index in [2.05, 4.69) is 22.0 Å². The largest absolute Gasteiger partial charge is 0.497 e. The minimum atomic E-state index is -0.475. The molecule has 1 aromatic carbocycles. The molecule has 29 heavy (non-hydrogen) atoms. The molecular formula is C23H30N4O2. The average Bonchev–Trinajstić information content (AvgIpc) is 3.21. The van der Waals surface area contributed by atoms with Crippen molar-refractivity contribution in [3.8, 4) is 17.0 Å². The van der Waals surface area contributed by atoms with Crippen molar-refractivity contribution in [2.45, 2.75) is 38.0 Å². The van der Waals surface area contributed by atoms with Crippen LogP contribution in [0.15, 0.2) is 36.4 Å². The molecule has 0 unspecified atom stereocenters. The lowest BCUT2D eigenvalue weighted by Crippen LogP contribution is -2.37. The number of nitrogens with two attached hydrogens (primary N) is 1. The van der Waals surface area contributed by atoms with Gasteiger partial charge in [-0.05, 0) is 75.4 Å². The van der Waals surface area contributed by atoms with Crippen molar-refractivity contribution in [1.82, 2.24) is 14.9 Å². The predicted octanol–water partition coefficient (Wildman–Crippen LogP) is 3.72. The molecule has 2 aliphatic rings. The molecule has 1 amide bonds. The van der Waals surface area contributed by atoms with E-state index in [9.17, 15) is 4.79 Å². The molecule has 0 spiro atoms. The van der Waals surface area contributed by atoms with Gasteiger partial charge in [0.25, 0.3) is 5.91 Å². The maximum atomic E-state index is 12.0. The minimum absolute atomic E-state index is 0.336. The summed E-state index contributed by atoms with van der Waals surface area (Å²) in [6, 6.07) is 7.56. The van der Waals surface area contributed by atoms with E-state index in [0.29, 0.717) is 17.3 Å². The van der Waals surface area contributed by atoms with E-state index in [-0.39, 0.29) is 0 Å². The number of hydrogen-bond donors (Lipinski definition) is 2. The summed E-state index contributed by atoms with van der Waals surface area (Å²) in [7, 11) is 1.63. The van der Waals surface area contributed by atoms with Crippen molar-refractivity contribution in [3.05, 3.63) is 47.9 Å². The van der Waals surface area contributed by atoms with Crippen LogP contribution in [-0.2, 0) is 0 Å². The number of methoxy groups -OCH3 is 1. The Balaban J connectivity index is 1.45. The number of carbonyl (C=O) groups is 1. The first-order valence-corrected chi connectivity index (χ1v) is 10.6. The minimum Gasteiger partial charge on any atom is -0.497 e.